The summed E-state index contributed by atoms with van der Waals surface area (Å²) in [6, 6.07) is 3.74. The lowest BCUT2D eigenvalue weighted by Crippen LogP contribution is -2.27. The fourth-order valence-corrected chi connectivity index (χ4v) is 2.59. The molecule has 0 aliphatic heterocycles. The monoisotopic (exact) mass is 280 g/mol. The average molecular weight is 280 g/mol. The number of rotatable bonds is 5. The molecule has 7 nitrogen and oxygen atoms in total. The Hall–Kier alpha value is -2.15. The molecule has 1 aliphatic rings. The number of carboxylic acid groups (broad SMARTS) is 1. The van der Waals surface area contributed by atoms with Crippen LogP contribution in [0.15, 0.2) is 18.2 Å². The van der Waals surface area contributed by atoms with Crippen molar-refractivity contribution in [1.29, 1.82) is 0 Å². The van der Waals surface area contributed by atoms with Gasteiger partial charge in [-0.2, -0.15) is 0 Å². The minimum absolute atomic E-state index is 0.000411. The summed E-state index contributed by atoms with van der Waals surface area (Å²) in [6.45, 7) is 0.0487. The van der Waals surface area contributed by atoms with Gasteiger partial charge < -0.3 is 15.5 Å². The van der Waals surface area contributed by atoms with Gasteiger partial charge in [0.15, 0.2) is 0 Å². The molecule has 7 heteroatoms. The largest absolute Gasteiger partial charge is 0.478 e. The van der Waals surface area contributed by atoms with E-state index in [1.165, 1.54) is 12.1 Å². The van der Waals surface area contributed by atoms with Gasteiger partial charge in [-0.1, -0.05) is 6.42 Å². The number of aromatic carboxylic acids is 1. The van der Waals surface area contributed by atoms with Crippen LogP contribution in [0.3, 0.4) is 0 Å². The third-order valence-corrected chi connectivity index (χ3v) is 3.68. The number of aliphatic hydroxyl groups excluding tert-OH is 1. The second-order valence-electron chi connectivity index (χ2n) is 4.92. The minimum atomic E-state index is -1.21. The van der Waals surface area contributed by atoms with Gasteiger partial charge in [0.05, 0.1) is 10.5 Å². The van der Waals surface area contributed by atoms with Crippen LogP contribution in [0.5, 0.6) is 0 Å². The van der Waals surface area contributed by atoms with Crippen LogP contribution >= 0.6 is 0 Å². The van der Waals surface area contributed by atoms with Crippen molar-refractivity contribution in [3.8, 4) is 0 Å². The highest BCUT2D eigenvalue weighted by atomic mass is 16.6. The normalized spacial score (nSPS) is 21.6. The molecule has 2 atom stereocenters. The molecule has 0 heterocycles. The van der Waals surface area contributed by atoms with Gasteiger partial charge in [0.1, 0.15) is 0 Å². The Morgan fingerprint density at radius 1 is 1.45 bits per heavy atom. The van der Waals surface area contributed by atoms with Gasteiger partial charge in [0, 0.05) is 36.4 Å². The summed E-state index contributed by atoms with van der Waals surface area (Å²) in [5.74, 6) is -1.12. The summed E-state index contributed by atoms with van der Waals surface area (Å²) in [4.78, 5) is 21.3. The first-order valence-electron chi connectivity index (χ1n) is 6.42. The molecule has 3 N–H and O–H groups in total. The fraction of sp³-hybridized carbons (Fsp3) is 0.462. The number of nitrogens with zero attached hydrogens (tertiary/aromatic N) is 1. The topological polar surface area (TPSA) is 113 Å². The maximum Gasteiger partial charge on any atom is 0.338 e. The highest BCUT2D eigenvalue weighted by Gasteiger charge is 2.28. The van der Waals surface area contributed by atoms with Gasteiger partial charge in [-0.15, -0.1) is 0 Å². The van der Waals surface area contributed by atoms with Gasteiger partial charge in [0.25, 0.3) is 5.69 Å². The van der Waals surface area contributed by atoms with Gasteiger partial charge >= 0.3 is 5.97 Å². The number of carbonyl (C=O) groups is 1. The molecule has 0 amide bonds. The maximum absolute atomic E-state index is 11.2. The molecule has 1 saturated carbocycles. The van der Waals surface area contributed by atoms with Crippen LogP contribution in [0.4, 0.5) is 11.4 Å². The van der Waals surface area contributed by atoms with Crippen molar-refractivity contribution in [2.75, 3.05) is 11.9 Å². The van der Waals surface area contributed by atoms with E-state index in [4.69, 9.17) is 5.11 Å². The number of nitro benzene ring substituents is 1. The van der Waals surface area contributed by atoms with Gasteiger partial charge in [-0.25, -0.2) is 4.79 Å². The molecule has 2 unspecified atom stereocenters. The van der Waals surface area contributed by atoms with Crippen LogP contribution in [0, 0.1) is 16.0 Å². The number of hydrogen-bond acceptors (Lipinski definition) is 5. The summed E-state index contributed by atoms with van der Waals surface area (Å²) in [5, 5.41) is 32.2. The quantitative estimate of drug-likeness (QED) is 0.560. The molecule has 2 rings (SSSR count). The van der Waals surface area contributed by atoms with Crippen molar-refractivity contribution in [3.05, 3.63) is 33.9 Å². The maximum atomic E-state index is 11.2. The Balaban J connectivity index is 2.27. The smallest absolute Gasteiger partial charge is 0.338 e. The predicted molar refractivity (Wildman–Crippen MR) is 71.9 cm³/mol. The zero-order valence-corrected chi connectivity index (χ0v) is 10.8. The van der Waals surface area contributed by atoms with Crippen molar-refractivity contribution in [2.24, 2.45) is 5.92 Å². The first-order chi connectivity index (χ1) is 9.52. The predicted octanol–water partition coefficient (Wildman–Crippen LogP) is 1.87. The highest BCUT2D eigenvalue weighted by Crippen LogP contribution is 2.30. The van der Waals surface area contributed by atoms with Crippen molar-refractivity contribution in [2.45, 2.75) is 25.3 Å². The molecule has 1 aliphatic carbocycles. The zero-order valence-electron chi connectivity index (χ0n) is 10.8. The Kier molecular flexibility index (Phi) is 4.19. The van der Waals surface area contributed by atoms with Crippen molar-refractivity contribution in [3.63, 3.8) is 0 Å². The Labute approximate surface area is 115 Å². The second kappa shape index (κ2) is 5.87. The van der Waals surface area contributed by atoms with Crippen LogP contribution < -0.4 is 5.32 Å². The summed E-state index contributed by atoms with van der Waals surface area (Å²) < 4.78 is 0. The number of nitrogens with one attached hydrogen (secondary N) is 1. The van der Waals surface area contributed by atoms with Gasteiger partial charge in [-0.05, 0) is 18.9 Å². The summed E-state index contributed by atoms with van der Waals surface area (Å²) in [5.41, 5.74) is -0.0191. The van der Waals surface area contributed by atoms with Crippen LogP contribution in [-0.2, 0) is 0 Å². The first-order valence-corrected chi connectivity index (χ1v) is 6.42. The molecule has 0 saturated heterocycles. The van der Waals surface area contributed by atoms with E-state index in [0.717, 1.165) is 25.3 Å². The summed E-state index contributed by atoms with van der Waals surface area (Å²) >= 11 is 0. The van der Waals surface area contributed by atoms with Crippen LogP contribution in [0.25, 0.3) is 0 Å². The van der Waals surface area contributed by atoms with E-state index in [1.807, 2.05) is 0 Å². The molecular weight excluding hydrogens is 264 g/mol. The number of carboxylic acids is 1. The number of aliphatic hydroxyl groups is 1. The van der Waals surface area contributed by atoms with Crippen LogP contribution in [-0.4, -0.2) is 33.8 Å². The number of hydrogen-bond donors (Lipinski definition) is 3. The summed E-state index contributed by atoms with van der Waals surface area (Å²) in [6.07, 6.45) is 2.71. The lowest BCUT2D eigenvalue weighted by Gasteiger charge is -2.21. The van der Waals surface area contributed by atoms with Crippen molar-refractivity contribution < 1.29 is 19.9 Å². The molecule has 0 radical (unpaired) electrons. The lowest BCUT2D eigenvalue weighted by atomic mass is 10.0. The van der Waals surface area contributed by atoms with Gasteiger partial charge in [-0.3, -0.25) is 10.1 Å². The minimum Gasteiger partial charge on any atom is -0.478 e. The Morgan fingerprint density at radius 2 is 2.20 bits per heavy atom. The van der Waals surface area contributed by atoms with Crippen molar-refractivity contribution in [1.82, 2.24) is 0 Å². The SMILES string of the molecule is O=C(O)c1cc([N+](=O)[O-])ccc1NC1CCCC1CO. The molecule has 1 aromatic rings. The molecular formula is C13H16N2O5. The molecule has 0 spiro atoms. The first kappa shape index (κ1) is 14.3. The summed E-state index contributed by atoms with van der Waals surface area (Å²) in [7, 11) is 0. The Bertz CT molecular complexity index is 531. The third kappa shape index (κ3) is 2.88. The molecule has 0 aromatic heterocycles. The lowest BCUT2D eigenvalue weighted by molar-refractivity contribution is -0.384. The van der Waals surface area contributed by atoms with E-state index in [-0.39, 0.29) is 29.8 Å². The standard InChI is InChI=1S/C13H16N2O5/c16-7-8-2-1-3-11(8)14-12-5-4-9(15(19)20)6-10(12)13(17)18/h4-6,8,11,14,16H,1-3,7H2,(H,17,18). The van der Waals surface area contributed by atoms with Crippen LogP contribution in [0.1, 0.15) is 29.6 Å². The molecule has 0 bridgehead atoms. The number of nitro groups is 1. The van der Waals surface area contributed by atoms with Gasteiger partial charge in [0.2, 0.25) is 0 Å². The number of anilines is 1. The van der Waals surface area contributed by atoms with E-state index in [1.54, 1.807) is 0 Å². The van der Waals surface area contributed by atoms with E-state index in [2.05, 4.69) is 5.32 Å². The highest BCUT2D eigenvalue weighted by molar-refractivity contribution is 5.95. The van der Waals surface area contributed by atoms with Crippen LogP contribution in [0.2, 0.25) is 0 Å². The molecule has 108 valence electrons. The molecule has 20 heavy (non-hydrogen) atoms. The number of non-ortho nitro benzene ring substituents is 1. The molecule has 1 fully saturated rings. The van der Waals surface area contributed by atoms with E-state index in [9.17, 15) is 20.0 Å². The van der Waals surface area contributed by atoms with E-state index in [0.29, 0.717) is 5.69 Å². The Morgan fingerprint density at radius 3 is 2.80 bits per heavy atom. The second-order valence-corrected chi connectivity index (χ2v) is 4.92. The van der Waals surface area contributed by atoms with E-state index < -0.39 is 10.9 Å². The number of benzene rings is 1. The van der Waals surface area contributed by atoms with E-state index >= 15 is 0 Å². The average Bonchev–Trinajstić information content (AvgIpc) is 2.85. The van der Waals surface area contributed by atoms with Crippen molar-refractivity contribution >= 4 is 17.3 Å². The zero-order chi connectivity index (χ0) is 14.7. The molecule has 1 aromatic carbocycles. The fourth-order valence-electron chi connectivity index (χ4n) is 2.59. The third-order valence-electron chi connectivity index (χ3n) is 3.68.